The highest BCUT2D eigenvalue weighted by Gasteiger charge is 2.41. The van der Waals surface area contributed by atoms with Gasteiger partial charge in [0.15, 0.2) is 5.69 Å². The molecule has 1 aliphatic rings. The molecule has 2 amide bonds. The van der Waals surface area contributed by atoms with E-state index in [1.165, 1.54) is 40.5 Å². The number of nitrogens with one attached hydrogen (secondary N) is 1. The number of alkyl halides is 3. The Hall–Kier alpha value is -2.85. The molecule has 0 radical (unpaired) electrons. The quantitative estimate of drug-likeness (QED) is 0.589. The third-order valence-electron chi connectivity index (χ3n) is 5.24. The highest BCUT2D eigenvalue weighted by atomic mass is 35.5. The minimum atomic E-state index is -4.78. The second kappa shape index (κ2) is 8.95. The summed E-state index contributed by atoms with van der Waals surface area (Å²) < 4.78 is 42.3. The van der Waals surface area contributed by atoms with Crippen LogP contribution in [0.4, 0.5) is 13.2 Å². The number of aromatic nitrogens is 2. The van der Waals surface area contributed by atoms with Crippen LogP contribution < -0.4 is 5.32 Å². The maximum absolute atomic E-state index is 13.9. The molecule has 0 bridgehead atoms. The molecule has 2 aromatic heterocycles. The van der Waals surface area contributed by atoms with Crippen LogP contribution in [0.5, 0.6) is 0 Å². The summed E-state index contributed by atoms with van der Waals surface area (Å²) in [5, 5.41) is 10.7. The van der Waals surface area contributed by atoms with E-state index in [2.05, 4.69) is 10.4 Å². The topological polar surface area (TPSA) is 67.2 Å². The SMILES string of the molecule is O=C(NC1CCN(C(=O)c2cnn(-c3ccc(Cl)cc3)c2C(F)(F)F)CC1)c1ccsc1. The molecule has 32 heavy (non-hydrogen) atoms. The van der Waals surface area contributed by atoms with E-state index >= 15 is 0 Å². The molecule has 0 unspecified atom stereocenters. The van der Waals surface area contributed by atoms with Gasteiger partial charge in [0.2, 0.25) is 0 Å². The Labute approximate surface area is 190 Å². The molecule has 11 heteroatoms. The monoisotopic (exact) mass is 482 g/mol. The molecule has 1 fully saturated rings. The van der Waals surface area contributed by atoms with E-state index in [1.807, 2.05) is 0 Å². The summed E-state index contributed by atoms with van der Waals surface area (Å²) in [7, 11) is 0. The summed E-state index contributed by atoms with van der Waals surface area (Å²) >= 11 is 7.24. The third kappa shape index (κ3) is 4.66. The molecular formula is C21H18ClF3N4O2S. The van der Waals surface area contributed by atoms with Gasteiger partial charge in [-0.25, -0.2) is 4.68 Å². The number of carbonyl (C=O) groups excluding carboxylic acids is 2. The van der Waals surface area contributed by atoms with Crippen LogP contribution >= 0.6 is 22.9 Å². The Morgan fingerprint density at radius 2 is 1.81 bits per heavy atom. The average molecular weight is 483 g/mol. The average Bonchev–Trinajstić information content (AvgIpc) is 3.44. The number of piperidine rings is 1. The Balaban J connectivity index is 1.49. The van der Waals surface area contributed by atoms with Gasteiger partial charge >= 0.3 is 6.18 Å². The van der Waals surface area contributed by atoms with E-state index in [9.17, 15) is 22.8 Å². The van der Waals surface area contributed by atoms with Crippen LogP contribution in [0, 0.1) is 0 Å². The van der Waals surface area contributed by atoms with Crippen molar-refractivity contribution in [2.24, 2.45) is 0 Å². The number of halogens is 4. The van der Waals surface area contributed by atoms with Gasteiger partial charge in [-0.3, -0.25) is 9.59 Å². The largest absolute Gasteiger partial charge is 0.434 e. The number of amides is 2. The van der Waals surface area contributed by atoms with Crippen molar-refractivity contribution in [1.29, 1.82) is 0 Å². The summed E-state index contributed by atoms with van der Waals surface area (Å²) in [6.07, 6.45) is -2.93. The number of likely N-dealkylation sites (tertiary alicyclic amines) is 1. The molecule has 3 aromatic rings. The molecule has 6 nitrogen and oxygen atoms in total. The van der Waals surface area contributed by atoms with E-state index in [0.717, 1.165) is 6.20 Å². The van der Waals surface area contributed by atoms with E-state index in [0.29, 0.717) is 28.1 Å². The van der Waals surface area contributed by atoms with Gasteiger partial charge in [0, 0.05) is 35.1 Å². The molecule has 1 N–H and O–H groups in total. The number of thiophene rings is 1. The summed E-state index contributed by atoms with van der Waals surface area (Å²) in [5.74, 6) is -0.931. The van der Waals surface area contributed by atoms with Crippen LogP contribution in [0.3, 0.4) is 0 Å². The first-order chi connectivity index (χ1) is 15.2. The van der Waals surface area contributed by atoms with E-state index in [4.69, 9.17) is 11.6 Å². The van der Waals surface area contributed by atoms with Gasteiger partial charge in [-0.2, -0.15) is 29.6 Å². The fourth-order valence-corrected chi connectivity index (χ4v) is 4.38. The van der Waals surface area contributed by atoms with Crippen molar-refractivity contribution in [1.82, 2.24) is 20.0 Å². The molecule has 0 aliphatic carbocycles. The number of carbonyl (C=O) groups is 2. The fourth-order valence-electron chi connectivity index (χ4n) is 3.62. The number of hydrogen-bond donors (Lipinski definition) is 1. The van der Waals surface area contributed by atoms with Gasteiger partial charge in [-0.1, -0.05) is 11.6 Å². The predicted octanol–water partition coefficient (Wildman–Crippen LogP) is 4.64. The second-order valence-corrected chi connectivity index (χ2v) is 8.56. The number of rotatable bonds is 4. The second-order valence-electron chi connectivity index (χ2n) is 7.34. The van der Waals surface area contributed by atoms with Gasteiger partial charge in [0.1, 0.15) is 0 Å². The predicted molar refractivity (Wildman–Crippen MR) is 114 cm³/mol. The lowest BCUT2D eigenvalue weighted by atomic mass is 10.0. The lowest BCUT2D eigenvalue weighted by molar-refractivity contribution is -0.143. The van der Waals surface area contributed by atoms with Crippen LogP contribution in [0.2, 0.25) is 5.02 Å². The van der Waals surface area contributed by atoms with Crippen molar-refractivity contribution in [3.63, 3.8) is 0 Å². The standard InChI is InChI=1S/C21H18ClF3N4O2S/c22-14-1-3-16(4-2-14)29-18(21(23,24)25)17(11-26-29)20(31)28-8-5-15(6-9-28)27-19(30)13-7-10-32-12-13/h1-4,7,10-12,15H,5-6,8-9H2,(H,27,30). The number of hydrogen-bond acceptors (Lipinski definition) is 4. The Morgan fingerprint density at radius 3 is 2.41 bits per heavy atom. The van der Waals surface area contributed by atoms with Gasteiger partial charge in [0.25, 0.3) is 11.8 Å². The zero-order chi connectivity index (χ0) is 22.9. The zero-order valence-electron chi connectivity index (χ0n) is 16.6. The van der Waals surface area contributed by atoms with Gasteiger partial charge in [-0.15, -0.1) is 0 Å². The molecule has 3 heterocycles. The van der Waals surface area contributed by atoms with Crippen LogP contribution in [-0.4, -0.2) is 45.6 Å². The minimum Gasteiger partial charge on any atom is -0.349 e. The molecular weight excluding hydrogens is 465 g/mol. The molecule has 1 saturated heterocycles. The van der Waals surface area contributed by atoms with E-state index in [1.54, 1.807) is 16.8 Å². The number of nitrogens with zero attached hydrogens (tertiary/aromatic N) is 3. The summed E-state index contributed by atoms with van der Waals surface area (Å²) in [6.45, 7) is 0.466. The molecule has 0 saturated carbocycles. The van der Waals surface area contributed by atoms with Crippen molar-refractivity contribution >= 4 is 34.8 Å². The Kier molecular flexibility index (Phi) is 6.25. The third-order valence-corrected chi connectivity index (χ3v) is 6.18. The van der Waals surface area contributed by atoms with Crippen molar-refractivity contribution in [3.05, 3.63) is 69.1 Å². The maximum Gasteiger partial charge on any atom is 0.434 e. The lowest BCUT2D eigenvalue weighted by Crippen LogP contribution is -2.46. The fraction of sp³-hybridized carbons (Fsp3) is 0.286. The van der Waals surface area contributed by atoms with E-state index < -0.39 is 23.3 Å². The molecule has 1 aliphatic heterocycles. The van der Waals surface area contributed by atoms with Crippen molar-refractivity contribution < 1.29 is 22.8 Å². The summed E-state index contributed by atoms with van der Waals surface area (Å²) in [6, 6.07) is 7.28. The molecule has 0 spiro atoms. The van der Waals surface area contributed by atoms with Gasteiger partial charge in [0.05, 0.1) is 17.4 Å². The van der Waals surface area contributed by atoms with E-state index in [-0.39, 0.29) is 30.7 Å². The zero-order valence-corrected chi connectivity index (χ0v) is 18.2. The summed E-state index contributed by atoms with van der Waals surface area (Å²) in [4.78, 5) is 26.5. The first-order valence-corrected chi connectivity index (χ1v) is 11.1. The van der Waals surface area contributed by atoms with Crippen LogP contribution in [0.25, 0.3) is 5.69 Å². The highest BCUT2D eigenvalue weighted by Crippen LogP contribution is 2.34. The lowest BCUT2D eigenvalue weighted by Gasteiger charge is -2.32. The van der Waals surface area contributed by atoms with Crippen LogP contribution in [-0.2, 0) is 6.18 Å². The summed E-state index contributed by atoms with van der Waals surface area (Å²) in [5.41, 5.74) is -0.917. The Bertz CT molecular complexity index is 1110. The van der Waals surface area contributed by atoms with Crippen LogP contribution in [0.1, 0.15) is 39.3 Å². The van der Waals surface area contributed by atoms with Crippen LogP contribution in [0.15, 0.2) is 47.3 Å². The van der Waals surface area contributed by atoms with Gasteiger partial charge < -0.3 is 10.2 Å². The first kappa shape index (κ1) is 22.3. The molecule has 4 rings (SSSR count). The molecule has 168 valence electrons. The van der Waals surface area contributed by atoms with Crippen molar-refractivity contribution in [2.45, 2.75) is 25.1 Å². The minimum absolute atomic E-state index is 0.148. The smallest absolute Gasteiger partial charge is 0.349 e. The Morgan fingerprint density at radius 1 is 1.12 bits per heavy atom. The van der Waals surface area contributed by atoms with Crippen molar-refractivity contribution in [2.75, 3.05) is 13.1 Å². The molecule has 0 atom stereocenters. The normalized spacial score (nSPS) is 15.1. The number of benzene rings is 1. The first-order valence-electron chi connectivity index (χ1n) is 9.77. The maximum atomic E-state index is 13.9. The van der Waals surface area contributed by atoms with Gasteiger partial charge in [-0.05, 0) is 48.6 Å². The highest BCUT2D eigenvalue weighted by molar-refractivity contribution is 7.08. The molecule has 1 aromatic carbocycles. The van der Waals surface area contributed by atoms with Crippen molar-refractivity contribution in [3.8, 4) is 5.69 Å².